The summed E-state index contributed by atoms with van der Waals surface area (Å²) in [7, 11) is 3.14. The van der Waals surface area contributed by atoms with Gasteiger partial charge >= 0.3 is 6.03 Å². The maximum Gasteiger partial charge on any atom is 0.322 e. The quantitative estimate of drug-likeness (QED) is 0.929. The Bertz CT molecular complexity index is 728. The van der Waals surface area contributed by atoms with Crippen LogP contribution in [0.3, 0.4) is 0 Å². The van der Waals surface area contributed by atoms with Gasteiger partial charge in [-0.15, -0.1) is 0 Å². The van der Waals surface area contributed by atoms with Gasteiger partial charge in [-0.3, -0.25) is 0 Å². The van der Waals surface area contributed by atoms with Crippen molar-refractivity contribution >= 4 is 11.7 Å². The Labute approximate surface area is 140 Å². The first kappa shape index (κ1) is 16.2. The highest BCUT2D eigenvalue weighted by molar-refractivity contribution is 5.90. The molecule has 1 N–H and O–H groups in total. The van der Waals surface area contributed by atoms with Crippen LogP contribution in [0.15, 0.2) is 28.8 Å². The second kappa shape index (κ2) is 6.82. The molecule has 1 aromatic heterocycles. The lowest BCUT2D eigenvalue weighted by molar-refractivity contribution is 0.195. The van der Waals surface area contributed by atoms with Crippen molar-refractivity contribution < 1.29 is 18.8 Å². The standard InChI is InChI=1S/C17H21N3O4/c1-11-9-15(24-19-11)13-5-4-8-20(13)17(21)18-12-6-7-14(22-2)16(10-12)23-3/h6-7,9-10,13H,4-5,8H2,1-3H3,(H,18,21)/t13-/m1/s1. The fourth-order valence-electron chi connectivity index (χ4n) is 2.96. The fraction of sp³-hybridized carbons (Fsp3) is 0.412. The normalized spacial score (nSPS) is 17.0. The zero-order valence-electron chi connectivity index (χ0n) is 14.0. The minimum Gasteiger partial charge on any atom is -0.493 e. The molecule has 0 saturated carbocycles. The lowest BCUT2D eigenvalue weighted by Gasteiger charge is -2.23. The first-order chi connectivity index (χ1) is 11.6. The number of carbonyl (C=O) groups is 1. The molecule has 0 spiro atoms. The van der Waals surface area contributed by atoms with Crippen molar-refractivity contribution in [3.8, 4) is 11.5 Å². The van der Waals surface area contributed by atoms with Gasteiger partial charge in [-0.2, -0.15) is 0 Å². The van der Waals surface area contributed by atoms with E-state index in [4.69, 9.17) is 14.0 Å². The molecule has 2 aromatic rings. The summed E-state index contributed by atoms with van der Waals surface area (Å²) in [5.74, 6) is 1.92. The van der Waals surface area contributed by atoms with Crippen LogP contribution in [-0.4, -0.2) is 36.9 Å². The minimum absolute atomic E-state index is 0.0775. The lowest BCUT2D eigenvalue weighted by atomic mass is 10.1. The number of nitrogens with one attached hydrogen (secondary N) is 1. The van der Waals surface area contributed by atoms with Crippen LogP contribution in [-0.2, 0) is 0 Å². The fourth-order valence-corrected chi connectivity index (χ4v) is 2.96. The van der Waals surface area contributed by atoms with Crippen molar-refractivity contribution in [2.75, 3.05) is 26.1 Å². The topological polar surface area (TPSA) is 76.8 Å². The first-order valence-corrected chi connectivity index (χ1v) is 7.85. The van der Waals surface area contributed by atoms with Crippen molar-refractivity contribution in [1.29, 1.82) is 0 Å². The summed E-state index contributed by atoms with van der Waals surface area (Å²) in [6, 6.07) is 6.91. The number of urea groups is 1. The number of aromatic nitrogens is 1. The zero-order valence-corrected chi connectivity index (χ0v) is 14.0. The molecular weight excluding hydrogens is 310 g/mol. The van der Waals surface area contributed by atoms with Gasteiger partial charge in [0.1, 0.15) is 0 Å². The molecule has 1 aliphatic heterocycles. The maximum atomic E-state index is 12.6. The second-order valence-corrected chi connectivity index (χ2v) is 5.72. The SMILES string of the molecule is COc1ccc(NC(=O)N2CCC[C@@H]2c2cc(C)no2)cc1OC. The molecule has 7 heteroatoms. The van der Waals surface area contributed by atoms with Gasteiger partial charge in [-0.25, -0.2) is 4.79 Å². The molecule has 1 aliphatic rings. The molecule has 24 heavy (non-hydrogen) atoms. The van der Waals surface area contributed by atoms with Gasteiger partial charge in [-0.1, -0.05) is 5.16 Å². The van der Waals surface area contributed by atoms with Crippen LogP contribution in [0.1, 0.15) is 30.3 Å². The average molecular weight is 331 g/mol. The van der Waals surface area contributed by atoms with Gasteiger partial charge in [0.2, 0.25) is 0 Å². The second-order valence-electron chi connectivity index (χ2n) is 5.72. The van der Waals surface area contributed by atoms with E-state index in [0.29, 0.717) is 23.7 Å². The Kier molecular flexibility index (Phi) is 4.59. The van der Waals surface area contributed by atoms with Crippen LogP contribution in [0.2, 0.25) is 0 Å². The number of ether oxygens (including phenoxy) is 2. The summed E-state index contributed by atoms with van der Waals surface area (Å²) in [5.41, 5.74) is 1.47. The zero-order chi connectivity index (χ0) is 17.1. The van der Waals surface area contributed by atoms with Crippen molar-refractivity contribution in [2.45, 2.75) is 25.8 Å². The number of amides is 2. The van der Waals surface area contributed by atoms with Crippen LogP contribution in [0, 0.1) is 6.92 Å². The molecule has 2 heterocycles. The Hall–Kier alpha value is -2.70. The summed E-state index contributed by atoms with van der Waals surface area (Å²) < 4.78 is 15.8. The third kappa shape index (κ3) is 3.15. The smallest absolute Gasteiger partial charge is 0.322 e. The van der Waals surface area contributed by atoms with E-state index in [-0.39, 0.29) is 12.1 Å². The largest absolute Gasteiger partial charge is 0.493 e. The highest BCUT2D eigenvalue weighted by Gasteiger charge is 2.32. The monoisotopic (exact) mass is 331 g/mol. The van der Waals surface area contributed by atoms with Gasteiger partial charge in [0.25, 0.3) is 0 Å². The van der Waals surface area contributed by atoms with E-state index in [1.807, 2.05) is 13.0 Å². The van der Waals surface area contributed by atoms with E-state index >= 15 is 0 Å². The van der Waals surface area contributed by atoms with Crippen molar-refractivity contribution in [2.24, 2.45) is 0 Å². The Morgan fingerprint density at radius 2 is 2.08 bits per heavy atom. The number of aryl methyl sites for hydroxylation is 1. The number of methoxy groups -OCH3 is 2. The number of benzene rings is 1. The van der Waals surface area contributed by atoms with Crippen LogP contribution >= 0.6 is 0 Å². The average Bonchev–Trinajstić information content (AvgIpc) is 3.23. The summed E-state index contributed by atoms with van der Waals surface area (Å²) in [6.45, 7) is 2.56. The number of nitrogens with zero attached hydrogens (tertiary/aromatic N) is 2. The van der Waals surface area contributed by atoms with E-state index in [2.05, 4.69) is 10.5 Å². The number of hydrogen-bond donors (Lipinski definition) is 1. The van der Waals surface area contributed by atoms with Gasteiger partial charge in [0, 0.05) is 24.4 Å². The van der Waals surface area contributed by atoms with Crippen LogP contribution < -0.4 is 14.8 Å². The molecule has 7 nitrogen and oxygen atoms in total. The predicted octanol–water partition coefficient (Wildman–Crippen LogP) is 3.37. The van der Waals surface area contributed by atoms with E-state index < -0.39 is 0 Å². The molecule has 2 amide bonds. The molecule has 1 fully saturated rings. The van der Waals surface area contributed by atoms with Crippen LogP contribution in [0.5, 0.6) is 11.5 Å². The van der Waals surface area contributed by atoms with Crippen molar-refractivity contribution in [1.82, 2.24) is 10.1 Å². The maximum absolute atomic E-state index is 12.6. The predicted molar refractivity (Wildman–Crippen MR) is 88.5 cm³/mol. The van der Waals surface area contributed by atoms with Crippen LogP contribution in [0.4, 0.5) is 10.5 Å². The number of likely N-dealkylation sites (tertiary alicyclic amines) is 1. The highest BCUT2D eigenvalue weighted by Crippen LogP contribution is 2.34. The van der Waals surface area contributed by atoms with E-state index in [0.717, 1.165) is 24.3 Å². The summed E-state index contributed by atoms with van der Waals surface area (Å²) in [4.78, 5) is 14.4. The molecule has 0 aliphatic carbocycles. The van der Waals surface area contributed by atoms with Gasteiger partial charge in [0.15, 0.2) is 17.3 Å². The van der Waals surface area contributed by atoms with Gasteiger partial charge < -0.3 is 24.2 Å². The van der Waals surface area contributed by atoms with E-state index in [1.54, 1.807) is 37.3 Å². The number of carbonyl (C=O) groups excluding carboxylic acids is 1. The molecule has 3 rings (SSSR count). The van der Waals surface area contributed by atoms with E-state index in [9.17, 15) is 4.79 Å². The molecule has 1 atom stereocenters. The minimum atomic E-state index is -0.168. The molecule has 128 valence electrons. The van der Waals surface area contributed by atoms with E-state index in [1.165, 1.54) is 0 Å². The molecule has 0 bridgehead atoms. The first-order valence-electron chi connectivity index (χ1n) is 7.85. The number of rotatable bonds is 4. The van der Waals surface area contributed by atoms with Crippen molar-refractivity contribution in [3.63, 3.8) is 0 Å². The third-order valence-corrected chi connectivity index (χ3v) is 4.12. The Morgan fingerprint density at radius 1 is 1.29 bits per heavy atom. The van der Waals surface area contributed by atoms with Crippen molar-refractivity contribution in [3.05, 3.63) is 35.7 Å². The summed E-state index contributed by atoms with van der Waals surface area (Å²) >= 11 is 0. The Balaban J connectivity index is 1.74. The molecular formula is C17H21N3O4. The van der Waals surface area contributed by atoms with Crippen LogP contribution in [0.25, 0.3) is 0 Å². The molecule has 0 radical (unpaired) electrons. The molecule has 0 unspecified atom stereocenters. The molecule has 1 aromatic carbocycles. The third-order valence-electron chi connectivity index (χ3n) is 4.12. The highest BCUT2D eigenvalue weighted by atomic mass is 16.5. The summed E-state index contributed by atoms with van der Waals surface area (Å²) in [5, 5.41) is 6.82. The van der Waals surface area contributed by atoms with Gasteiger partial charge in [0.05, 0.1) is 26.0 Å². The number of hydrogen-bond acceptors (Lipinski definition) is 5. The number of anilines is 1. The lowest BCUT2D eigenvalue weighted by Crippen LogP contribution is -2.34. The Morgan fingerprint density at radius 3 is 2.75 bits per heavy atom. The summed E-state index contributed by atoms with van der Waals surface area (Å²) in [6.07, 6.45) is 1.80. The molecule has 1 saturated heterocycles. The van der Waals surface area contributed by atoms with Gasteiger partial charge in [-0.05, 0) is 31.9 Å².